The number of amides is 1. The number of hydrogen-bond donors (Lipinski definition) is 2. The van der Waals surface area contributed by atoms with Crippen molar-refractivity contribution in [2.24, 2.45) is 17.8 Å². The van der Waals surface area contributed by atoms with E-state index in [1.54, 1.807) is 25.0 Å². The van der Waals surface area contributed by atoms with Crippen molar-refractivity contribution in [2.75, 3.05) is 60.5 Å². The SMILES string of the molecule is CCCC(OC)C(C)C1OC1C(OC(=O)N1CCN(CCCN(C)C)CC1)C(C)/C=C/C=C(\C)C1OC(=O)CC(O)CCC(C)(O)C(OC(C)=O)/C=C/CC1C. The average molecular weight is 792 g/mol. The van der Waals surface area contributed by atoms with Crippen LogP contribution in [0.5, 0.6) is 0 Å². The van der Waals surface area contributed by atoms with Crippen molar-refractivity contribution in [3.8, 4) is 0 Å². The standard InChI is InChI=1S/C43H73N3O10/c1-11-15-35(52-10)32(5)40-41(55-40)39(56-42(50)46-26-24-45(25-27-46)23-14-22-44(8)9)31(4)17-12-16-29(2)38-30(3)18-13-19-36(53-33(6)47)43(7,51)21-20-34(48)28-37(49)54-38/h12-13,16-17,19,30-32,34-36,38-41,48,51H,11,14-15,18,20-28H2,1-10H3/b17-12+,19-13+,29-16+. The molecule has 0 aromatic carbocycles. The molecule has 0 radical (unpaired) electrons. The number of carbonyl (C=O) groups excluding carboxylic acids is 3. The number of carbonyl (C=O) groups is 3. The fourth-order valence-electron chi connectivity index (χ4n) is 7.77. The molecular weight excluding hydrogens is 718 g/mol. The number of aliphatic hydroxyl groups is 2. The van der Waals surface area contributed by atoms with E-state index in [9.17, 15) is 24.6 Å². The molecule has 3 rings (SSSR count). The number of piperazine rings is 1. The highest BCUT2D eigenvalue weighted by Gasteiger charge is 2.53. The Hall–Kier alpha value is -2.81. The molecule has 0 aliphatic carbocycles. The van der Waals surface area contributed by atoms with E-state index in [4.69, 9.17) is 23.7 Å². The molecule has 11 atom stereocenters. The molecule has 11 unspecified atom stereocenters. The zero-order chi connectivity index (χ0) is 41.6. The van der Waals surface area contributed by atoms with Gasteiger partial charge in [0, 0.05) is 58.0 Å². The summed E-state index contributed by atoms with van der Waals surface area (Å²) in [6, 6.07) is 0. The Kier molecular flexibility index (Phi) is 19.5. The molecule has 320 valence electrons. The smallest absolute Gasteiger partial charge is 0.410 e. The quantitative estimate of drug-likeness (QED) is 0.0701. The van der Waals surface area contributed by atoms with Gasteiger partial charge in [-0.25, -0.2) is 4.79 Å². The van der Waals surface area contributed by atoms with Gasteiger partial charge in [-0.2, -0.15) is 0 Å². The Morgan fingerprint density at radius 2 is 1.84 bits per heavy atom. The van der Waals surface area contributed by atoms with Crippen LogP contribution in [0.1, 0.15) is 93.4 Å². The fourth-order valence-corrected chi connectivity index (χ4v) is 7.77. The third kappa shape index (κ3) is 15.2. The number of nitrogens with zero attached hydrogens (tertiary/aromatic N) is 3. The summed E-state index contributed by atoms with van der Waals surface area (Å²) in [6.45, 7) is 17.9. The molecule has 0 saturated carbocycles. The van der Waals surface area contributed by atoms with Crippen LogP contribution in [0.4, 0.5) is 4.79 Å². The molecule has 3 heterocycles. The Morgan fingerprint density at radius 1 is 1.14 bits per heavy atom. The first kappa shape index (κ1) is 47.6. The van der Waals surface area contributed by atoms with Crippen molar-refractivity contribution < 1.29 is 48.3 Å². The molecule has 2 saturated heterocycles. The molecule has 0 spiro atoms. The van der Waals surface area contributed by atoms with Crippen LogP contribution in [0.15, 0.2) is 36.0 Å². The minimum absolute atomic E-state index is 0.0417. The number of cyclic esters (lactones) is 1. The van der Waals surface area contributed by atoms with Crippen LogP contribution in [0.25, 0.3) is 0 Å². The van der Waals surface area contributed by atoms with E-state index >= 15 is 0 Å². The van der Waals surface area contributed by atoms with Gasteiger partial charge >= 0.3 is 18.0 Å². The predicted octanol–water partition coefficient (Wildman–Crippen LogP) is 5.14. The lowest BCUT2D eigenvalue weighted by Crippen LogP contribution is -2.50. The van der Waals surface area contributed by atoms with Crippen LogP contribution >= 0.6 is 0 Å². The number of epoxide rings is 1. The van der Waals surface area contributed by atoms with Crippen molar-refractivity contribution in [1.29, 1.82) is 0 Å². The summed E-state index contributed by atoms with van der Waals surface area (Å²) in [7, 11) is 5.89. The molecule has 2 N–H and O–H groups in total. The largest absolute Gasteiger partial charge is 0.457 e. The number of allylic oxidation sites excluding steroid dienone is 3. The molecule has 3 aliphatic heterocycles. The molecule has 0 aromatic rings. The molecule has 13 heteroatoms. The van der Waals surface area contributed by atoms with Gasteiger partial charge in [0.2, 0.25) is 0 Å². The van der Waals surface area contributed by atoms with Gasteiger partial charge in [-0.3, -0.25) is 14.5 Å². The van der Waals surface area contributed by atoms with E-state index < -0.39 is 42.0 Å². The molecule has 2 fully saturated rings. The second kappa shape index (κ2) is 23.0. The van der Waals surface area contributed by atoms with E-state index in [0.29, 0.717) is 19.5 Å². The van der Waals surface area contributed by atoms with E-state index in [0.717, 1.165) is 51.0 Å². The van der Waals surface area contributed by atoms with Gasteiger partial charge in [-0.1, -0.05) is 58.4 Å². The highest BCUT2D eigenvalue weighted by Crippen LogP contribution is 2.39. The predicted molar refractivity (Wildman–Crippen MR) is 216 cm³/mol. The van der Waals surface area contributed by atoms with Crippen LogP contribution in [0, 0.1) is 17.8 Å². The van der Waals surface area contributed by atoms with Crippen LogP contribution in [-0.2, 0) is 33.3 Å². The van der Waals surface area contributed by atoms with Gasteiger partial charge in [-0.15, -0.1) is 0 Å². The first-order valence-corrected chi connectivity index (χ1v) is 20.8. The van der Waals surface area contributed by atoms with E-state index in [1.165, 1.54) is 6.92 Å². The summed E-state index contributed by atoms with van der Waals surface area (Å²) in [5.74, 6) is -1.32. The highest BCUT2D eigenvalue weighted by atomic mass is 16.6. The van der Waals surface area contributed by atoms with Crippen LogP contribution in [0.2, 0.25) is 0 Å². The van der Waals surface area contributed by atoms with Crippen LogP contribution < -0.4 is 0 Å². The zero-order valence-corrected chi connectivity index (χ0v) is 35.9. The second-order valence-electron chi connectivity index (χ2n) is 16.8. The normalized spacial score (nSPS) is 31.3. The summed E-state index contributed by atoms with van der Waals surface area (Å²) in [4.78, 5) is 44.9. The molecule has 13 nitrogen and oxygen atoms in total. The number of hydrogen-bond acceptors (Lipinski definition) is 12. The topological polar surface area (TPSA) is 151 Å². The van der Waals surface area contributed by atoms with Crippen LogP contribution in [0.3, 0.4) is 0 Å². The van der Waals surface area contributed by atoms with E-state index in [2.05, 4.69) is 37.7 Å². The summed E-state index contributed by atoms with van der Waals surface area (Å²) in [5.41, 5.74) is -0.637. The number of ether oxygens (including phenoxy) is 5. The lowest BCUT2D eigenvalue weighted by molar-refractivity contribution is -0.156. The summed E-state index contributed by atoms with van der Waals surface area (Å²) >= 11 is 0. The molecular formula is C43H73N3O10. The summed E-state index contributed by atoms with van der Waals surface area (Å²) in [6.07, 6.45) is 9.05. The van der Waals surface area contributed by atoms with Crippen molar-refractivity contribution in [1.82, 2.24) is 14.7 Å². The van der Waals surface area contributed by atoms with E-state index in [1.807, 2.05) is 45.1 Å². The highest BCUT2D eigenvalue weighted by molar-refractivity contribution is 5.70. The summed E-state index contributed by atoms with van der Waals surface area (Å²) < 4.78 is 29.8. The van der Waals surface area contributed by atoms with Crippen molar-refractivity contribution in [3.05, 3.63) is 36.0 Å². The maximum Gasteiger partial charge on any atom is 0.410 e. The maximum absolute atomic E-state index is 13.6. The van der Waals surface area contributed by atoms with Gasteiger partial charge in [-0.05, 0) is 84.8 Å². The van der Waals surface area contributed by atoms with Gasteiger partial charge in [0.1, 0.15) is 30.0 Å². The second-order valence-corrected chi connectivity index (χ2v) is 16.8. The van der Waals surface area contributed by atoms with Gasteiger partial charge in [0.25, 0.3) is 0 Å². The zero-order valence-electron chi connectivity index (χ0n) is 35.9. The number of rotatable bonds is 16. The van der Waals surface area contributed by atoms with Gasteiger partial charge < -0.3 is 43.7 Å². The first-order chi connectivity index (χ1) is 26.5. The molecule has 3 aliphatic rings. The minimum atomic E-state index is -1.43. The minimum Gasteiger partial charge on any atom is -0.457 e. The Bertz CT molecular complexity index is 1330. The molecule has 0 bridgehead atoms. The lowest BCUT2D eigenvalue weighted by atomic mass is 9.90. The van der Waals surface area contributed by atoms with Crippen molar-refractivity contribution in [3.63, 3.8) is 0 Å². The van der Waals surface area contributed by atoms with Gasteiger partial charge in [0.15, 0.2) is 0 Å². The number of aliphatic hydroxyl groups excluding tert-OH is 1. The van der Waals surface area contributed by atoms with Gasteiger partial charge in [0.05, 0.1) is 24.7 Å². The number of methoxy groups -OCH3 is 1. The van der Waals surface area contributed by atoms with E-state index in [-0.39, 0.29) is 61.4 Å². The third-order valence-corrected chi connectivity index (χ3v) is 11.4. The fraction of sp³-hybridized carbons (Fsp3) is 0.791. The lowest BCUT2D eigenvalue weighted by Gasteiger charge is -2.35. The van der Waals surface area contributed by atoms with Crippen molar-refractivity contribution >= 4 is 18.0 Å². The van der Waals surface area contributed by atoms with Crippen LogP contribution in [-0.4, -0.2) is 152 Å². The average Bonchev–Trinajstić information content (AvgIpc) is 3.93. The number of esters is 2. The Morgan fingerprint density at radius 3 is 2.46 bits per heavy atom. The summed E-state index contributed by atoms with van der Waals surface area (Å²) in [5, 5.41) is 21.7. The third-order valence-electron chi connectivity index (χ3n) is 11.4. The van der Waals surface area contributed by atoms with Crippen molar-refractivity contribution in [2.45, 2.75) is 142 Å². The maximum atomic E-state index is 13.6. The molecule has 0 aromatic heterocycles. The molecule has 1 amide bonds. The first-order valence-electron chi connectivity index (χ1n) is 20.8. The Balaban J connectivity index is 1.78. The Labute approximate surface area is 336 Å². The monoisotopic (exact) mass is 792 g/mol. The molecule has 56 heavy (non-hydrogen) atoms.